The number of aliphatic hydroxyl groups excluding tert-OH is 2. The van der Waals surface area contributed by atoms with Gasteiger partial charge in [-0.1, -0.05) is 100.0 Å². The number of benzene rings is 6. The number of imide groups is 1. The van der Waals surface area contributed by atoms with E-state index in [1.54, 1.807) is 6.08 Å². The molecule has 12 nitrogen and oxygen atoms in total. The van der Waals surface area contributed by atoms with Crippen LogP contribution in [-0.4, -0.2) is 65.3 Å². The minimum atomic E-state index is -0.620. The number of aromatic nitrogens is 4. The van der Waals surface area contributed by atoms with Gasteiger partial charge in [-0.3, -0.25) is 14.9 Å². The van der Waals surface area contributed by atoms with Gasteiger partial charge >= 0.3 is 11.9 Å². The number of ether oxygens (including phenoxy) is 1. The number of aliphatic hydroxyl groups is 2. The Bertz CT molecular complexity index is 3670. The number of H-pyrrole nitrogens is 2. The third-order valence-corrected chi connectivity index (χ3v) is 14.3. The Hall–Kier alpha value is -6.84. The molecule has 2 aliphatic carbocycles. The molecule has 6 aromatic carbocycles. The van der Waals surface area contributed by atoms with Gasteiger partial charge in [0.2, 0.25) is 0 Å². The summed E-state index contributed by atoms with van der Waals surface area (Å²) >= 11 is 7.06. The van der Waals surface area contributed by atoms with E-state index in [-0.39, 0.29) is 31.3 Å². The smallest absolute Gasteiger partial charge is 0.347 e. The number of nitrogens with one attached hydrogen (secondary N) is 3. The van der Waals surface area contributed by atoms with Gasteiger partial charge in [-0.15, -0.1) is 0 Å². The third-order valence-electron chi connectivity index (χ3n) is 13.3. The van der Waals surface area contributed by atoms with Gasteiger partial charge in [0.1, 0.15) is 0 Å². The molecule has 6 heterocycles. The molecule has 0 spiro atoms. The summed E-state index contributed by atoms with van der Waals surface area (Å²) in [7, 11) is 0. The first-order valence-electron chi connectivity index (χ1n) is 20.8. The van der Waals surface area contributed by atoms with Crippen molar-refractivity contribution in [2.24, 2.45) is 0 Å². The van der Waals surface area contributed by atoms with E-state index in [1.165, 1.54) is 0 Å². The first-order chi connectivity index (χ1) is 31.0. The number of fused-ring (bicyclic) bond motifs is 20. The average Bonchev–Trinajstić information content (AvgIpc) is 4.16. The zero-order valence-electron chi connectivity index (χ0n) is 33.2. The number of carbonyl (C=O) groups excluding carboxylic acids is 4. The molecule has 65 heavy (non-hydrogen) atoms. The van der Waals surface area contributed by atoms with E-state index in [0.717, 1.165) is 85.4 Å². The number of amides is 2. The molecule has 4 aromatic heterocycles. The van der Waals surface area contributed by atoms with E-state index in [0.29, 0.717) is 45.9 Å². The van der Waals surface area contributed by atoms with Crippen molar-refractivity contribution in [3.63, 3.8) is 0 Å². The highest BCUT2D eigenvalue weighted by Crippen LogP contribution is 2.48. The van der Waals surface area contributed by atoms with Crippen LogP contribution in [0.1, 0.15) is 73.8 Å². The number of para-hydroxylation sites is 2. The largest absolute Gasteiger partial charge is 0.389 e. The summed E-state index contributed by atoms with van der Waals surface area (Å²) in [6.07, 6.45) is 7.70. The van der Waals surface area contributed by atoms with Crippen molar-refractivity contribution in [3.8, 4) is 0 Å². The van der Waals surface area contributed by atoms with Gasteiger partial charge < -0.3 is 34.1 Å². The van der Waals surface area contributed by atoms with Crippen LogP contribution in [0.2, 0.25) is 0 Å². The zero-order chi connectivity index (χ0) is 43.4. The van der Waals surface area contributed by atoms with Gasteiger partial charge in [-0.2, -0.15) is 0 Å². The standard InChI is InChI=1S/C25H16BrN3O3.C25H15BrN2O4.CH4/c26-11-5-8-16-15(9-11)18-20-21(25(32)28-24(20)31)19-14-3-1-2-4-17(14)29(23(19)22(18)27-16)12-6-7-13(30)10-12;26-11-5-8-16-15(9-11)18-20-21(25(31)32-24(20)30)19-14-3-1-2-4-17(14)28(23(19)22(18)27-16)12-6-7-13(29)10-12;/h1-9,12-13,27,30H,10H2,(H,28,31,32);1-9,12-13,27,29H,10H2;1H4/t2*12?,13-;/m11./s1. The van der Waals surface area contributed by atoms with Gasteiger partial charge in [-0.25, -0.2) is 9.59 Å². The quantitative estimate of drug-likeness (QED) is 0.0496. The lowest BCUT2D eigenvalue weighted by molar-refractivity contribution is 0.0444. The fraction of sp³-hybridized carbons (Fsp3) is 0.137. The summed E-state index contributed by atoms with van der Waals surface area (Å²) in [5, 5.41) is 29.4. The number of cyclic esters (lactones) is 2. The van der Waals surface area contributed by atoms with Gasteiger partial charge in [0, 0.05) is 86.9 Å². The molecule has 5 N–H and O–H groups in total. The summed E-state index contributed by atoms with van der Waals surface area (Å²) in [5.74, 6) is -1.98. The van der Waals surface area contributed by atoms with Crippen LogP contribution in [0.15, 0.2) is 118 Å². The Morgan fingerprint density at radius 2 is 0.969 bits per heavy atom. The predicted molar refractivity (Wildman–Crippen MR) is 259 cm³/mol. The Morgan fingerprint density at radius 1 is 0.538 bits per heavy atom. The molecule has 0 saturated carbocycles. The van der Waals surface area contributed by atoms with Crippen LogP contribution in [0.25, 0.3) is 87.2 Å². The molecule has 2 unspecified atom stereocenters. The number of carbonyl (C=O) groups is 4. The van der Waals surface area contributed by atoms with Crippen molar-refractivity contribution < 1.29 is 34.1 Å². The molecule has 2 aliphatic heterocycles. The summed E-state index contributed by atoms with van der Waals surface area (Å²) in [4.78, 5) is 58.9. The maximum absolute atomic E-state index is 13.1. The van der Waals surface area contributed by atoms with Crippen LogP contribution in [0.4, 0.5) is 0 Å². The van der Waals surface area contributed by atoms with Crippen LogP contribution >= 0.6 is 31.9 Å². The van der Waals surface area contributed by atoms with Gasteiger partial charge in [0.05, 0.1) is 68.6 Å². The molecule has 0 saturated heterocycles. The third kappa shape index (κ3) is 5.42. The molecule has 14 heteroatoms. The Morgan fingerprint density at radius 3 is 1.45 bits per heavy atom. The van der Waals surface area contributed by atoms with Crippen molar-refractivity contribution in [2.75, 3.05) is 0 Å². The molecule has 2 amide bonds. The minimum Gasteiger partial charge on any atom is -0.389 e. The number of hydrogen-bond acceptors (Lipinski definition) is 7. The number of halogens is 2. The van der Waals surface area contributed by atoms with E-state index in [9.17, 15) is 29.4 Å². The van der Waals surface area contributed by atoms with Crippen molar-refractivity contribution in [3.05, 3.63) is 140 Å². The predicted octanol–water partition coefficient (Wildman–Crippen LogP) is 10.9. The van der Waals surface area contributed by atoms with Crippen LogP contribution in [0.3, 0.4) is 0 Å². The fourth-order valence-electron chi connectivity index (χ4n) is 10.9. The minimum absolute atomic E-state index is 0. The monoisotopic (exact) mass is 987 g/mol. The van der Waals surface area contributed by atoms with E-state index < -0.39 is 24.1 Å². The van der Waals surface area contributed by atoms with Crippen molar-refractivity contribution >= 4 is 143 Å². The summed E-state index contributed by atoms with van der Waals surface area (Å²) < 4.78 is 11.3. The maximum Gasteiger partial charge on any atom is 0.347 e. The lowest BCUT2D eigenvalue weighted by Crippen LogP contribution is -2.20. The second-order valence-corrected chi connectivity index (χ2v) is 18.7. The van der Waals surface area contributed by atoms with Crippen molar-refractivity contribution in [2.45, 2.75) is 44.6 Å². The highest BCUT2D eigenvalue weighted by molar-refractivity contribution is 9.10. The Labute approximate surface area is 384 Å². The number of allylic oxidation sites excluding steroid dienone is 2. The molecular weight excluding hydrogens is 954 g/mol. The molecule has 0 radical (unpaired) electrons. The molecule has 0 bridgehead atoms. The maximum atomic E-state index is 13.1. The SMILES string of the molecule is C.O=C1NC(=O)c2c1c1c3cc(Br)ccc3[nH]c1c1c2c2ccccc2n1C1C=C[C@@H](O)C1.O=C1OC(=O)c2c1c1c3cc(Br)ccc3[nH]c1c1c2c2ccccc2n1C1C=C[C@@H](O)C1. The van der Waals surface area contributed by atoms with Crippen molar-refractivity contribution in [1.82, 2.24) is 24.4 Å². The van der Waals surface area contributed by atoms with E-state index in [2.05, 4.69) is 56.3 Å². The lowest BCUT2D eigenvalue weighted by Gasteiger charge is -2.16. The van der Waals surface area contributed by atoms with Crippen LogP contribution in [0.5, 0.6) is 0 Å². The van der Waals surface area contributed by atoms with Crippen LogP contribution in [0, 0.1) is 0 Å². The average molecular weight is 990 g/mol. The first kappa shape index (κ1) is 39.7. The summed E-state index contributed by atoms with van der Waals surface area (Å²) in [6, 6.07) is 27.4. The van der Waals surface area contributed by atoms with Crippen LogP contribution < -0.4 is 5.32 Å². The molecule has 0 fully saturated rings. The van der Waals surface area contributed by atoms with Gasteiger partial charge in [0.25, 0.3) is 11.8 Å². The molecule has 10 aromatic rings. The topological polar surface area (TPSA) is 171 Å². The highest BCUT2D eigenvalue weighted by Gasteiger charge is 2.40. The number of hydrogen-bond donors (Lipinski definition) is 5. The molecule has 4 aliphatic rings. The number of rotatable bonds is 2. The van der Waals surface area contributed by atoms with Crippen LogP contribution in [-0.2, 0) is 4.74 Å². The van der Waals surface area contributed by atoms with E-state index in [1.807, 2.05) is 103 Å². The van der Waals surface area contributed by atoms with Gasteiger partial charge in [-0.05, 0) is 48.5 Å². The molecule has 320 valence electrons. The second kappa shape index (κ2) is 14.1. The number of esters is 2. The summed E-state index contributed by atoms with van der Waals surface area (Å²) in [5.41, 5.74) is 8.45. The zero-order valence-corrected chi connectivity index (χ0v) is 36.4. The molecule has 14 rings (SSSR count). The molecular formula is C51H35Br2N5O7. The van der Waals surface area contributed by atoms with E-state index >= 15 is 0 Å². The Kier molecular flexibility index (Phi) is 8.60. The second-order valence-electron chi connectivity index (χ2n) is 16.8. The van der Waals surface area contributed by atoms with Gasteiger partial charge in [0.15, 0.2) is 0 Å². The number of nitrogens with zero attached hydrogens (tertiary/aromatic N) is 2. The number of aromatic amines is 2. The van der Waals surface area contributed by atoms with E-state index in [4.69, 9.17) is 4.74 Å². The van der Waals surface area contributed by atoms with Crippen molar-refractivity contribution in [1.29, 1.82) is 0 Å². The first-order valence-corrected chi connectivity index (χ1v) is 22.4. The normalized spacial score (nSPS) is 20.0. The highest BCUT2D eigenvalue weighted by atomic mass is 79.9. The summed E-state index contributed by atoms with van der Waals surface area (Å²) in [6.45, 7) is 0. The lowest BCUT2D eigenvalue weighted by atomic mass is 9.96. The fourth-order valence-corrected chi connectivity index (χ4v) is 11.6. The molecule has 4 atom stereocenters. The Balaban J connectivity index is 0.000000135.